The fourth-order valence-corrected chi connectivity index (χ4v) is 8.30. The van der Waals surface area contributed by atoms with Crippen molar-refractivity contribution >= 4 is 53.3 Å². The average Bonchev–Trinajstić information content (AvgIpc) is 3.74. The Balaban J connectivity index is 1.15. The van der Waals surface area contributed by atoms with Crippen LogP contribution in [0.4, 0.5) is 0 Å². The fraction of sp³-hybridized carbons (Fsp3) is 0. The van der Waals surface area contributed by atoms with Crippen LogP contribution in [0.15, 0.2) is 170 Å². The summed E-state index contributed by atoms with van der Waals surface area (Å²) in [6.07, 6.45) is 0. The third-order valence-corrected chi connectivity index (χ3v) is 10.6. The molecule has 0 unspecified atom stereocenters. The second-order valence-electron chi connectivity index (χ2n) is 12.5. The summed E-state index contributed by atoms with van der Waals surface area (Å²) < 4.78 is 4.85. The van der Waals surface area contributed by atoms with Gasteiger partial charge in [-0.3, -0.25) is 0 Å². The first-order valence-electron chi connectivity index (χ1n) is 16.7. The van der Waals surface area contributed by atoms with Crippen molar-refractivity contribution in [2.45, 2.75) is 0 Å². The van der Waals surface area contributed by atoms with Crippen LogP contribution in [0.2, 0.25) is 0 Å². The molecule has 50 heavy (non-hydrogen) atoms. The SMILES string of the molecule is c1ccc(-c2nc(-c3cccc(-c4cccc5c4c4ccccc4n5-c4ccccc4)c3)nc(-c3ccc4c(c3)sc3ccccc34)n2)cc1. The molecule has 0 radical (unpaired) electrons. The number of aromatic nitrogens is 4. The lowest BCUT2D eigenvalue weighted by Gasteiger charge is -2.11. The Morgan fingerprint density at radius 1 is 0.380 bits per heavy atom. The summed E-state index contributed by atoms with van der Waals surface area (Å²) in [7, 11) is 0. The summed E-state index contributed by atoms with van der Waals surface area (Å²) in [4.78, 5) is 15.2. The van der Waals surface area contributed by atoms with E-state index in [0.717, 1.165) is 27.9 Å². The first-order chi connectivity index (χ1) is 24.8. The summed E-state index contributed by atoms with van der Waals surface area (Å²) >= 11 is 1.80. The maximum atomic E-state index is 5.13. The van der Waals surface area contributed by atoms with Crippen molar-refractivity contribution in [3.63, 3.8) is 0 Å². The summed E-state index contributed by atoms with van der Waals surface area (Å²) in [6, 6.07) is 59.7. The lowest BCUT2D eigenvalue weighted by atomic mass is 9.97. The predicted octanol–water partition coefficient (Wildman–Crippen LogP) is 12.0. The molecule has 3 heterocycles. The van der Waals surface area contributed by atoms with Crippen molar-refractivity contribution < 1.29 is 0 Å². The van der Waals surface area contributed by atoms with Crippen LogP contribution in [0.5, 0.6) is 0 Å². The highest BCUT2D eigenvalue weighted by Crippen LogP contribution is 2.40. The molecule has 0 fully saturated rings. The number of thiophene rings is 1. The van der Waals surface area contributed by atoms with Gasteiger partial charge in [0.25, 0.3) is 0 Å². The van der Waals surface area contributed by atoms with Gasteiger partial charge in [0.1, 0.15) is 0 Å². The molecule has 5 heteroatoms. The molecule has 0 atom stereocenters. The van der Waals surface area contributed by atoms with Crippen LogP contribution in [0.25, 0.3) is 93.0 Å². The molecule has 0 spiro atoms. The molecule has 10 aromatic rings. The lowest BCUT2D eigenvalue weighted by Crippen LogP contribution is -2.00. The zero-order valence-corrected chi connectivity index (χ0v) is 27.7. The van der Waals surface area contributed by atoms with E-state index >= 15 is 0 Å². The predicted molar refractivity (Wildman–Crippen MR) is 209 cm³/mol. The van der Waals surface area contributed by atoms with E-state index < -0.39 is 0 Å². The maximum Gasteiger partial charge on any atom is 0.164 e. The summed E-state index contributed by atoms with van der Waals surface area (Å²) in [5.41, 5.74) is 8.64. The molecule has 0 saturated heterocycles. The molecule has 7 aromatic carbocycles. The highest BCUT2D eigenvalue weighted by Gasteiger charge is 2.18. The van der Waals surface area contributed by atoms with Gasteiger partial charge < -0.3 is 4.57 Å². The first-order valence-corrected chi connectivity index (χ1v) is 17.5. The minimum atomic E-state index is 0.644. The zero-order valence-electron chi connectivity index (χ0n) is 26.9. The van der Waals surface area contributed by atoms with Gasteiger partial charge in [0, 0.05) is 53.3 Å². The van der Waals surface area contributed by atoms with Gasteiger partial charge in [-0.1, -0.05) is 127 Å². The first kappa shape index (κ1) is 28.6. The molecule has 0 aliphatic heterocycles. The van der Waals surface area contributed by atoms with Crippen molar-refractivity contribution in [1.29, 1.82) is 0 Å². The number of benzene rings is 7. The number of fused-ring (bicyclic) bond motifs is 6. The Bertz CT molecular complexity index is 2870. The number of rotatable bonds is 5. The van der Waals surface area contributed by atoms with Gasteiger partial charge in [0.2, 0.25) is 0 Å². The zero-order chi connectivity index (χ0) is 33.0. The van der Waals surface area contributed by atoms with Gasteiger partial charge in [-0.05, 0) is 53.6 Å². The van der Waals surface area contributed by atoms with E-state index in [9.17, 15) is 0 Å². The highest BCUT2D eigenvalue weighted by molar-refractivity contribution is 7.25. The van der Waals surface area contributed by atoms with Crippen LogP contribution in [0, 0.1) is 0 Å². The topological polar surface area (TPSA) is 43.6 Å². The van der Waals surface area contributed by atoms with Crippen molar-refractivity contribution in [3.05, 3.63) is 170 Å². The Kier molecular flexibility index (Phi) is 6.64. The Morgan fingerprint density at radius 3 is 1.78 bits per heavy atom. The Labute approximate surface area is 292 Å². The third kappa shape index (κ3) is 4.71. The van der Waals surface area contributed by atoms with E-state index in [1.807, 2.05) is 18.2 Å². The molecule has 10 rings (SSSR count). The average molecular weight is 657 g/mol. The molecule has 0 aliphatic carbocycles. The minimum absolute atomic E-state index is 0.644. The second kappa shape index (κ2) is 11.6. The minimum Gasteiger partial charge on any atom is -0.309 e. The van der Waals surface area contributed by atoms with Gasteiger partial charge in [-0.15, -0.1) is 11.3 Å². The lowest BCUT2D eigenvalue weighted by molar-refractivity contribution is 1.07. The van der Waals surface area contributed by atoms with Gasteiger partial charge >= 0.3 is 0 Å². The van der Waals surface area contributed by atoms with Gasteiger partial charge in [-0.2, -0.15) is 0 Å². The monoisotopic (exact) mass is 656 g/mol. The number of hydrogen-bond donors (Lipinski definition) is 0. The molecule has 0 bridgehead atoms. The van der Waals surface area contributed by atoms with E-state index in [4.69, 9.17) is 15.0 Å². The van der Waals surface area contributed by atoms with Gasteiger partial charge in [0.15, 0.2) is 17.5 Å². The largest absolute Gasteiger partial charge is 0.309 e. The van der Waals surface area contributed by atoms with E-state index in [-0.39, 0.29) is 0 Å². The van der Waals surface area contributed by atoms with E-state index in [1.54, 1.807) is 11.3 Å². The number of para-hydroxylation sites is 2. The molecule has 0 N–H and O–H groups in total. The maximum absolute atomic E-state index is 5.13. The Morgan fingerprint density at radius 2 is 0.960 bits per heavy atom. The standard InChI is InChI=1S/C45H28N4S/c1-3-13-29(14-4-1)43-46-44(48-45(47-43)32-25-26-36-35-19-8-10-24-40(35)50-41(36)28-32)31-16-11-15-30(27-31)34-21-12-23-39-42(34)37-20-7-9-22-38(37)49(39)33-17-5-2-6-18-33/h1-28H. The second-order valence-corrected chi connectivity index (χ2v) is 13.5. The van der Waals surface area contributed by atoms with Crippen LogP contribution in [-0.2, 0) is 0 Å². The van der Waals surface area contributed by atoms with Crippen LogP contribution >= 0.6 is 11.3 Å². The molecular formula is C45H28N4S. The molecule has 3 aromatic heterocycles. The quantitative estimate of drug-likeness (QED) is 0.185. The van der Waals surface area contributed by atoms with Crippen LogP contribution in [-0.4, -0.2) is 19.5 Å². The summed E-state index contributed by atoms with van der Waals surface area (Å²) in [5, 5.41) is 4.97. The number of hydrogen-bond acceptors (Lipinski definition) is 4. The van der Waals surface area contributed by atoms with E-state index in [2.05, 4.69) is 156 Å². The normalized spacial score (nSPS) is 11.6. The molecule has 0 amide bonds. The molecule has 4 nitrogen and oxygen atoms in total. The molecular weight excluding hydrogens is 629 g/mol. The van der Waals surface area contributed by atoms with Crippen molar-refractivity contribution in [1.82, 2.24) is 19.5 Å². The molecule has 234 valence electrons. The third-order valence-electron chi connectivity index (χ3n) is 9.45. The number of nitrogens with zero attached hydrogens (tertiary/aromatic N) is 4. The molecule has 0 aliphatic rings. The van der Waals surface area contributed by atoms with Crippen molar-refractivity contribution in [3.8, 4) is 51.0 Å². The smallest absolute Gasteiger partial charge is 0.164 e. The van der Waals surface area contributed by atoms with Crippen LogP contribution < -0.4 is 0 Å². The summed E-state index contributed by atoms with van der Waals surface area (Å²) in [6.45, 7) is 0. The van der Waals surface area contributed by atoms with Crippen molar-refractivity contribution in [2.24, 2.45) is 0 Å². The van der Waals surface area contributed by atoms with E-state index in [0.29, 0.717) is 17.5 Å². The highest BCUT2D eigenvalue weighted by atomic mass is 32.1. The van der Waals surface area contributed by atoms with Gasteiger partial charge in [-0.25, -0.2) is 15.0 Å². The Hall–Kier alpha value is -6.43. The summed E-state index contributed by atoms with van der Waals surface area (Å²) in [5.74, 6) is 1.96. The van der Waals surface area contributed by atoms with Gasteiger partial charge in [0.05, 0.1) is 11.0 Å². The van der Waals surface area contributed by atoms with Crippen molar-refractivity contribution in [2.75, 3.05) is 0 Å². The molecule has 0 saturated carbocycles. The van der Waals surface area contributed by atoms with Crippen LogP contribution in [0.1, 0.15) is 0 Å². The van der Waals surface area contributed by atoms with Crippen LogP contribution in [0.3, 0.4) is 0 Å². The van der Waals surface area contributed by atoms with E-state index in [1.165, 1.54) is 47.5 Å². The fourth-order valence-electron chi connectivity index (χ4n) is 7.16.